The van der Waals surface area contributed by atoms with Gasteiger partial charge < -0.3 is 20.6 Å². The molecule has 0 saturated carbocycles. The smallest absolute Gasteiger partial charge is 0.307 e. The minimum atomic E-state index is -3.86. The van der Waals surface area contributed by atoms with Crippen LogP contribution in [0.4, 0.5) is 0 Å². The number of carboxylic acids is 1. The molecular formula is C24H24ClNO6S. The first-order valence-electron chi connectivity index (χ1n) is 10.2. The monoisotopic (exact) mass is 489 g/mol. The first-order chi connectivity index (χ1) is 15.7. The molecule has 0 saturated heterocycles. The van der Waals surface area contributed by atoms with Crippen LogP contribution in [0.3, 0.4) is 0 Å². The Morgan fingerprint density at radius 3 is 2.36 bits per heavy atom. The first kappa shape index (κ1) is 24.7. The Labute approximate surface area is 197 Å². The fraction of sp³-hybridized carbons (Fsp3) is 0.208. The fourth-order valence-corrected chi connectivity index (χ4v) is 4.82. The van der Waals surface area contributed by atoms with Gasteiger partial charge in [0.25, 0.3) is 0 Å². The van der Waals surface area contributed by atoms with E-state index in [4.69, 9.17) is 16.7 Å². The van der Waals surface area contributed by atoms with E-state index in [-0.39, 0.29) is 21.1 Å². The van der Waals surface area contributed by atoms with Crippen LogP contribution in [0.1, 0.15) is 22.8 Å². The van der Waals surface area contributed by atoms with Gasteiger partial charge in [0.1, 0.15) is 5.75 Å². The van der Waals surface area contributed by atoms with Gasteiger partial charge in [0.2, 0.25) is 9.84 Å². The Morgan fingerprint density at radius 1 is 1.00 bits per heavy atom. The van der Waals surface area contributed by atoms with Crippen molar-refractivity contribution >= 4 is 27.4 Å². The van der Waals surface area contributed by atoms with Gasteiger partial charge in [0, 0.05) is 17.1 Å². The molecule has 0 spiro atoms. The van der Waals surface area contributed by atoms with Crippen LogP contribution >= 0.6 is 11.6 Å². The standard InChI is InChI=1S/C24H24ClNO6S/c25-19-3-1-2-17(12-19)23(28)15-26-11-10-16-4-6-20(7-5-16)33(31,32)21-8-9-22(27)18(13-21)14-24(29)30/h1-9,12-13,23,26-28H,10-11,14-15H2,(H,29,30)/t23-/m1/s1. The van der Waals surface area contributed by atoms with E-state index in [9.17, 15) is 23.4 Å². The number of phenolic OH excluding ortho intramolecular Hbond substituents is 1. The van der Waals surface area contributed by atoms with Gasteiger partial charge in [0.15, 0.2) is 0 Å². The van der Waals surface area contributed by atoms with Crippen LogP contribution in [0.5, 0.6) is 5.75 Å². The van der Waals surface area contributed by atoms with Crippen molar-refractivity contribution < 1.29 is 28.5 Å². The Bertz CT molecular complexity index is 1230. The molecule has 0 aliphatic carbocycles. The maximum Gasteiger partial charge on any atom is 0.307 e. The quantitative estimate of drug-likeness (QED) is 0.322. The summed E-state index contributed by atoms with van der Waals surface area (Å²) in [5.74, 6) is -1.43. The number of aromatic hydroxyl groups is 1. The Balaban J connectivity index is 1.60. The number of benzene rings is 3. The molecule has 33 heavy (non-hydrogen) atoms. The SMILES string of the molecule is O=C(O)Cc1cc(S(=O)(=O)c2ccc(CCNC[C@@H](O)c3cccc(Cl)c3)cc2)ccc1O. The second kappa shape index (κ2) is 10.8. The van der Waals surface area contributed by atoms with E-state index in [2.05, 4.69) is 5.32 Å². The Morgan fingerprint density at radius 2 is 1.70 bits per heavy atom. The number of carboxylic acid groups (broad SMARTS) is 1. The van der Waals surface area contributed by atoms with Gasteiger partial charge in [-0.05, 0) is 66.6 Å². The number of phenols is 1. The Hall–Kier alpha value is -2.91. The molecule has 3 aromatic rings. The Kier molecular flexibility index (Phi) is 8.10. The number of halogens is 1. The molecule has 1 atom stereocenters. The number of aliphatic hydroxyl groups is 1. The first-order valence-corrected chi connectivity index (χ1v) is 12.0. The lowest BCUT2D eigenvalue weighted by atomic mass is 10.1. The van der Waals surface area contributed by atoms with Crippen molar-refractivity contribution in [3.63, 3.8) is 0 Å². The third-order valence-electron chi connectivity index (χ3n) is 5.10. The van der Waals surface area contributed by atoms with E-state index < -0.39 is 28.3 Å². The number of hydrogen-bond donors (Lipinski definition) is 4. The number of aliphatic hydroxyl groups excluding tert-OH is 1. The van der Waals surface area contributed by atoms with Crippen LogP contribution < -0.4 is 5.32 Å². The van der Waals surface area contributed by atoms with Gasteiger partial charge in [0.05, 0.1) is 22.3 Å². The number of carbonyl (C=O) groups is 1. The van der Waals surface area contributed by atoms with Crippen molar-refractivity contribution in [1.29, 1.82) is 0 Å². The molecule has 0 aliphatic heterocycles. The van der Waals surface area contributed by atoms with Crippen LogP contribution in [0.25, 0.3) is 0 Å². The third kappa shape index (κ3) is 6.55. The average molecular weight is 490 g/mol. The van der Waals surface area contributed by atoms with Crippen molar-refractivity contribution in [2.45, 2.75) is 28.7 Å². The minimum Gasteiger partial charge on any atom is -0.508 e. The largest absolute Gasteiger partial charge is 0.508 e. The molecule has 0 radical (unpaired) electrons. The highest BCUT2D eigenvalue weighted by atomic mass is 35.5. The lowest BCUT2D eigenvalue weighted by Crippen LogP contribution is -2.23. The second-order valence-corrected chi connectivity index (χ2v) is 9.92. The molecule has 3 rings (SSSR count). The molecule has 9 heteroatoms. The minimum absolute atomic E-state index is 0.0335. The molecule has 0 bridgehead atoms. The number of rotatable bonds is 10. The molecule has 0 aliphatic rings. The summed E-state index contributed by atoms with van der Waals surface area (Å²) >= 11 is 5.94. The third-order valence-corrected chi connectivity index (χ3v) is 7.10. The molecule has 174 valence electrons. The van der Waals surface area contributed by atoms with Crippen molar-refractivity contribution in [2.75, 3.05) is 13.1 Å². The zero-order valence-corrected chi connectivity index (χ0v) is 19.2. The summed E-state index contributed by atoms with van der Waals surface area (Å²) in [7, 11) is -3.86. The highest BCUT2D eigenvalue weighted by Gasteiger charge is 2.20. The summed E-state index contributed by atoms with van der Waals surface area (Å²) in [5, 5.41) is 32.7. The second-order valence-electron chi connectivity index (χ2n) is 7.53. The number of nitrogens with one attached hydrogen (secondary N) is 1. The molecule has 0 fully saturated rings. The maximum atomic E-state index is 12.9. The number of aliphatic carboxylic acids is 1. The van der Waals surface area contributed by atoms with Gasteiger partial charge in [-0.1, -0.05) is 35.9 Å². The van der Waals surface area contributed by atoms with E-state index in [1.54, 1.807) is 36.4 Å². The van der Waals surface area contributed by atoms with Gasteiger partial charge in [-0.3, -0.25) is 4.79 Å². The van der Waals surface area contributed by atoms with Crippen molar-refractivity contribution in [2.24, 2.45) is 0 Å². The lowest BCUT2D eigenvalue weighted by Gasteiger charge is -2.13. The summed E-state index contributed by atoms with van der Waals surface area (Å²) in [6.07, 6.45) is -0.537. The molecule has 3 aromatic carbocycles. The van der Waals surface area contributed by atoms with E-state index in [1.807, 2.05) is 0 Å². The molecule has 0 heterocycles. The van der Waals surface area contributed by atoms with E-state index in [0.29, 0.717) is 24.5 Å². The van der Waals surface area contributed by atoms with Crippen LogP contribution in [-0.2, 0) is 27.5 Å². The molecule has 0 aromatic heterocycles. The lowest BCUT2D eigenvalue weighted by molar-refractivity contribution is -0.136. The number of hydrogen-bond acceptors (Lipinski definition) is 6. The normalized spacial score (nSPS) is 12.4. The zero-order valence-electron chi connectivity index (χ0n) is 17.6. The number of sulfone groups is 1. The fourth-order valence-electron chi connectivity index (χ4n) is 3.31. The van der Waals surface area contributed by atoms with E-state index >= 15 is 0 Å². The highest BCUT2D eigenvalue weighted by Crippen LogP contribution is 2.27. The van der Waals surface area contributed by atoms with Crippen molar-refractivity contribution in [3.05, 3.63) is 88.4 Å². The predicted molar refractivity (Wildman–Crippen MR) is 124 cm³/mol. The van der Waals surface area contributed by atoms with Gasteiger partial charge in [-0.2, -0.15) is 0 Å². The zero-order chi connectivity index (χ0) is 24.0. The predicted octanol–water partition coefficient (Wildman–Crippen LogP) is 3.37. The van der Waals surface area contributed by atoms with E-state index in [0.717, 1.165) is 11.1 Å². The summed E-state index contributed by atoms with van der Waals surface area (Å²) in [4.78, 5) is 10.9. The van der Waals surface area contributed by atoms with Gasteiger partial charge in [-0.25, -0.2) is 8.42 Å². The summed E-state index contributed by atoms with van der Waals surface area (Å²) in [5.41, 5.74) is 1.67. The van der Waals surface area contributed by atoms with Crippen LogP contribution in [-0.4, -0.2) is 42.8 Å². The van der Waals surface area contributed by atoms with Crippen LogP contribution in [0.2, 0.25) is 5.02 Å². The van der Waals surface area contributed by atoms with E-state index in [1.165, 1.54) is 30.3 Å². The molecule has 0 unspecified atom stereocenters. The topological polar surface area (TPSA) is 124 Å². The molecule has 0 amide bonds. The van der Waals surface area contributed by atoms with Crippen LogP contribution in [0, 0.1) is 0 Å². The molecular weight excluding hydrogens is 466 g/mol. The van der Waals surface area contributed by atoms with Crippen molar-refractivity contribution in [3.8, 4) is 5.75 Å². The molecule has 7 nitrogen and oxygen atoms in total. The maximum absolute atomic E-state index is 12.9. The summed E-state index contributed by atoms with van der Waals surface area (Å²) in [6, 6.07) is 17.1. The molecule has 4 N–H and O–H groups in total. The van der Waals surface area contributed by atoms with Crippen molar-refractivity contribution in [1.82, 2.24) is 5.32 Å². The van der Waals surface area contributed by atoms with Gasteiger partial charge in [-0.15, -0.1) is 0 Å². The summed E-state index contributed by atoms with van der Waals surface area (Å²) < 4.78 is 25.8. The highest BCUT2D eigenvalue weighted by molar-refractivity contribution is 7.91. The van der Waals surface area contributed by atoms with Crippen LogP contribution in [0.15, 0.2) is 76.5 Å². The van der Waals surface area contributed by atoms with Gasteiger partial charge >= 0.3 is 5.97 Å². The average Bonchev–Trinajstić information content (AvgIpc) is 2.78. The summed E-state index contributed by atoms with van der Waals surface area (Å²) in [6.45, 7) is 0.937.